The van der Waals surface area contributed by atoms with Crippen LogP contribution >= 0.6 is 0 Å². The molecule has 0 aromatic heterocycles. The van der Waals surface area contributed by atoms with Crippen LogP contribution in [0.3, 0.4) is 0 Å². The highest BCUT2D eigenvalue weighted by Crippen LogP contribution is 2.51. The van der Waals surface area contributed by atoms with Crippen molar-refractivity contribution in [3.05, 3.63) is 47.5 Å². The molecule has 9 unspecified atom stereocenters. The van der Waals surface area contributed by atoms with Crippen LogP contribution in [0.25, 0.3) is 0 Å². The quantitative estimate of drug-likeness (QED) is 0.383. The SMILES string of the molecule is [2H]C1(c2ccc(OC)c(OC)c2)OCC2C1COC2([2H])c1ccc(OC2OC(CO)C(O)C(O)C2O)c(OC)c1. The van der Waals surface area contributed by atoms with E-state index in [0.717, 1.165) is 0 Å². The third-order valence-electron chi connectivity index (χ3n) is 7.20. The second kappa shape index (κ2) is 11.2. The van der Waals surface area contributed by atoms with Gasteiger partial charge in [0.15, 0.2) is 23.0 Å². The van der Waals surface area contributed by atoms with Gasteiger partial charge in [-0.2, -0.15) is 0 Å². The van der Waals surface area contributed by atoms with E-state index < -0.39 is 61.3 Å². The summed E-state index contributed by atoms with van der Waals surface area (Å²) in [6.07, 6.45) is -10.3. The molecule has 3 heterocycles. The summed E-state index contributed by atoms with van der Waals surface area (Å²) >= 11 is 0. The van der Waals surface area contributed by atoms with Crippen LogP contribution in [-0.4, -0.2) is 92.3 Å². The number of benzene rings is 2. The second-order valence-corrected chi connectivity index (χ2v) is 9.31. The monoisotopic (exact) mass is 536 g/mol. The first kappa shape index (κ1) is 24.4. The molecule has 0 aliphatic carbocycles. The highest BCUT2D eigenvalue weighted by Gasteiger charge is 2.49. The van der Waals surface area contributed by atoms with Crippen molar-refractivity contribution in [2.45, 2.75) is 42.9 Å². The van der Waals surface area contributed by atoms with Gasteiger partial charge in [0.1, 0.15) is 24.4 Å². The van der Waals surface area contributed by atoms with Gasteiger partial charge >= 0.3 is 0 Å². The van der Waals surface area contributed by atoms with Gasteiger partial charge < -0.3 is 53.6 Å². The Labute approximate surface area is 223 Å². The number of rotatable bonds is 8. The first-order valence-electron chi connectivity index (χ1n) is 13.3. The van der Waals surface area contributed by atoms with Crippen LogP contribution in [0.2, 0.25) is 0 Å². The van der Waals surface area contributed by atoms with Gasteiger partial charge in [-0.1, -0.05) is 12.1 Å². The maximum absolute atomic E-state index is 10.3. The molecule has 3 fully saturated rings. The largest absolute Gasteiger partial charge is 0.493 e. The summed E-state index contributed by atoms with van der Waals surface area (Å²) in [5.74, 6) is 0.384. The van der Waals surface area contributed by atoms with Crippen molar-refractivity contribution < 1.29 is 56.3 Å². The van der Waals surface area contributed by atoms with E-state index in [0.29, 0.717) is 22.6 Å². The normalized spacial score (nSPS) is 39.2. The minimum absolute atomic E-state index is 0.109. The predicted octanol–water partition coefficient (Wildman–Crippen LogP) is 0.966. The molecule has 3 aliphatic rings. The summed E-state index contributed by atoms with van der Waals surface area (Å²) in [6, 6.07) is 9.85. The van der Waals surface area contributed by atoms with Gasteiger partial charge in [0, 0.05) is 11.8 Å². The lowest BCUT2D eigenvalue weighted by Crippen LogP contribution is -2.60. The van der Waals surface area contributed by atoms with Crippen LogP contribution < -0.4 is 18.9 Å². The third kappa shape index (κ3) is 4.79. The van der Waals surface area contributed by atoms with Gasteiger partial charge in [-0.25, -0.2) is 0 Å². The summed E-state index contributed by atoms with van der Waals surface area (Å²) in [6.45, 7) is -0.375. The Morgan fingerprint density at radius 3 is 1.82 bits per heavy atom. The minimum Gasteiger partial charge on any atom is -0.493 e. The van der Waals surface area contributed by atoms with Crippen molar-refractivity contribution in [1.82, 2.24) is 0 Å². The van der Waals surface area contributed by atoms with Gasteiger partial charge in [-0.3, -0.25) is 0 Å². The van der Waals surface area contributed by atoms with E-state index in [1.54, 1.807) is 30.3 Å². The molecule has 4 N–H and O–H groups in total. The molecule has 2 aromatic carbocycles. The Balaban J connectivity index is 1.38. The highest BCUT2D eigenvalue weighted by molar-refractivity contribution is 5.45. The zero-order chi connectivity index (χ0) is 28.8. The van der Waals surface area contributed by atoms with Crippen molar-refractivity contribution >= 4 is 0 Å². The lowest BCUT2D eigenvalue weighted by molar-refractivity contribution is -0.277. The average molecular weight is 537 g/mol. The molecule has 0 saturated carbocycles. The van der Waals surface area contributed by atoms with E-state index in [4.69, 9.17) is 33.2 Å². The van der Waals surface area contributed by atoms with Crippen molar-refractivity contribution in [1.29, 1.82) is 0 Å². The summed E-state index contributed by atoms with van der Waals surface area (Å²) in [5.41, 5.74) is 1.00. The van der Waals surface area contributed by atoms with Crippen LogP contribution in [0.15, 0.2) is 36.4 Å². The minimum atomic E-state index is -1.60. The van der Waals surface area contributed by atoms with Gasteiger partial charge in [0.2, 0.25) is 6.29 Å². The van der Waals surface area contributed by atoms with Crippen molar-refractivity contribution in [3.63, 3.8) is 0 Å². The molecule has 9 atom stereocenters. The fourth-order valence-electron chi connectivity index (χ4n) is 5.11. The lowest BCUT2D eigenvalue weighted by Gasteiger charge is -2.39. The molecule has 0 radical (unpaired) electrons. The molecule has 5 rings (SSSR count). The number of fused-ring (bicyclic) bond motifs is 1. The van der Waals surface area contributed by atoms with Crippen LogP contribution in [0.1, 0.15) is 26.0 Å². The molecular weight excluding hydrogens is 500 g/mol. The van der Waals surface area contributed by atoms with Crippen molar-refractivity contribution in [2.24, 2.45) is 11.8 Å². The molecule has 11 heteroatoms. The fourth-order valence-corrected chi connectivity index (χ4v) is 5.11. The molecule has 0 amide bonds. The van der Waals surface area contributed by atoms with Crippen LogP contribution in [-0.2, 0) is 14.2 Å². The lowest BCUT2D eigenvalue weighted by atomic mass is 9.85. The molecule has 208 valence electrons. The number of methoxy groups -OCH3 is 3. The average Bonchev–Trinajstić information content (AvgIpc) is 3.51. The van der Waals surface area contributed by atoms with Crippen LogP contribution in [0.4, 0.5) is 0 Å². The van der Waals surface area contributed by atoms with Crippen molar-refractivity contribution in [3.8, 4) is 23.0 Å². The molecular formula is C27H34O11. The Morgan fingerprint density at radius 2 is 1.29 bits per heavy atom. The summed E-state index contributed by atoms with van der Waals surface area (Å²) < 4.78 is 57.9. The fraction of sp³-hybridized carbons (Fsp3) is 0.556. The molecule has 3 saturated heterocycles. The third-order valence-corrected chi connectivity index (χ3v) is 7.20. The van der Waals surface area contributed by atoms with E-state index in [9.17, 15) is 23.2 Å². The smallest absolute Gasteiger partial charge is 0.229 e. The molecule has 2 aromatic rings. The highest BCUT2D eigenvalue weighted by atomic mass is 16.7. The van der Waals surface area contributed by atoms with E-state index in [1.165, 1.54) is 27.4 Å². The van der Waals surface area contributed by atoms with Gasteiger partial charge in [0.05, 0.1) is 56.1 Å². The van der Waals surface area contributed by atoms with Crippen LogP contribution in [0, 0.1) is 11.8 Å². The topological polar surface area (TPSA) is 146 Å². The standard InChI is InChI=1S/C27H34O11/c1-32-17-6-4-13(8-19(17)33-2)25-15-11-36-26(16(15)12-35-25)14-5-7-18(20(9-14)34-3)37-27-24(31)23(30)22(29)21(10-28)38-27/h4-9,15-16,21-31H,10-12H2,1-3H3/i25D,26D. The number of ether oxygens (including phenoxy) is 7. The van der Waals surface area contributed by atoms with Crippen molar-refractivity contribution in [2.75, 3.05) is 41.2 Å². The Bertz CT molecular complexity index is 1210. The molecule has 11 nitrogen and oxygen atoms in total. The zero-order valence-corrected chi connectivity index (χ0v) is 21.3. The Hall–Kier alpha value is -2.64. The van der Waals surface area contributed by atoms with E-state index in [-0.39, 0.29) is 24.7 Å². The molecule has 38 heavy (non-hydrogen) atoms. The number of hydrogen-bond acceptors (Lipinski definition) is 11. The van der Waals surface area contributed by atoms with Crippen LogP contribution in [0.5, 0.6) is 23.0 Å². The second-order valence-electron chi connectivity index (χ2n) is 9.31. The summed E-state index contributed by atoms with van der Waals surface area (Å²) in [4.78, 5) is 0. The maximum atomic E-state index is 10.3. The molecule has 0 spiro atoms. The number of aliphatic hydroxyl groups excluding tert-OH is 4. The van der Waals surface area contributed by atoms with E-state index in [2.05, 4.69) is 0 Å². The predicted molar refractivity (Wildman–Crippen MR) is 131 cm³/mol. The van der Waals surface area contributed by atoms with E-state index in [1.807, 2.05) is 0 Å². The first-order chi connectivity index (χ1) is 19.1. The van der Waals surface area contributed by atoms with Gasteiger partial charge in [-0.15, -0.1) is 0 Å². The summed E-state index contributed by atoms with van der Waals surface area (Å²) in [5, 5.41) is 39.9. The zero-order valence-electron chi connectivity index (χ0n) is 23.3. The molecule has 3 aliphatic heterocycles. The first-order valence-corrected chi connectivity index (χ1v) is 12.3. The molecule has 0 bridgehead atoms. The Morgan fingerprint density at radius 1 is 0.763 bits per heavy atom. The number of aliphatic hydroxyl groups is 4. The van der Waals surface area contributed by atoms with Gasteiger partial charge in [0.25, 0.3) is 0 Å². The number of hydrogen-bond donors (Lipinski definition) is 4. The van der Waals surface area contributed by atoms with E-state index >= 15 is 0 Å². The summed E-state index contributed by atoms with van der Waals surface area (Å²) in [7, 11) is 4.45. The Kier molecular flexibility index (Phi) is 7.21. The van der Waals surface area contributed by atoms with Gasteiger partial charge in [-0.05, 0) is 35.4 Å². The maximum Gasteiger partial charge on any atom is 0.229 e.